The quantitative estimate of drug-likeness (QED) is 0.635. The molecule has 3 heterocycles. The minimum absolute atomic E-state index is 0.0169. The van der Waals surface area contributed by atoms with E-state index in [4.69, 9.17) is 5.11 Å². The first-order valence-corrected chi connectivity index (χ1v) is 8.32. The molecule has 8 nitrogen and oxygen atoms in total. The molecule has 1 aliphatic heterocycles. The maximum atomic E-state index is 14.3. The number of nitrogens with one attached hydrogen (secondary N) is 3. The van der Waals surface area contributed by atoms with Gasteiger partial charge in [0.2, 0.25) is 0 Å². The molecule has 0 aliphatic carbocycles. The fraction of sp³-hybridized carbons (Fsp3) is 0.412. The van der Waals surface area contributed by atoms with E-state index in [2.05, 4.69) is 30.8 Å². The number of rotatable bonds is 5. The van der Waals surface area contributed by atoms with Gasteiger partial charge in [-0.05, 0) is 11.5 Å². The van der Waals surface area contributed by atoms with Crippen molar-refractivity contribution >= 4 is 23.2 Å². The predicted molar refractivity (Wildman–Crippen MR) is 95.0 cm³/mol. The highest BCUT2D eigenvalue weighted by Crippen LogP contribution is 2.27. The lowest BCUT2D eigenvalue weighted by Gasteiger charge is -2.33. The van der Waals surface area contributed by atoms with E-state index in [1.165, 1.54) is 6.07 Å². The van der Waals surface area contributed by atoms with Gasteiger partial charge in [0.1, 0.15) is 11.6 Å². The van der Waals surface area contributed by atoms with Crippen LogP contribution in [0, 0.1) is 11.2 Å². The van der Waals surface area contributed by atoms with Crippen LogP contribution in [0.2, 0.25) is 0 Å². The Hall–Kier alpha value is -3.04. The summed E-state index contributed by atoms with van der Waals surface area (Å²) >= 11 is 0. The van der Waals surface area contributed by atoms with Crippen LogP contribution < -0.4 is 10.6 Å². The highest BCUT2D eigenvalue weighted by atomic mass is 19.1. The number of carbonyl (C=O) groups is 1. The SMILES string of the molecule is CC(C)(C)[C@@H](CC(=O)O)NC1=C(F)C=NC(c2[nH]nc3ncc(F)cc23)N1. The number of halogens is 2. The van der Waals surface area contributed by atoms with Crippen LogP contribution in [0.15, 0.2) is 28.9 Å². The first kappa shape index (κ1) is 18.7. The zero-order valence-electron chi connectivity index (χ0n) is 15.0. The van der Waals surface area contributed by atoms with Gasteiger partial charge in [-0.3, -0.25) is 14.9 Å². The molecule has 3 rings (SSSR count). The van der Waals surface area contributed by atoms with Crippen LogP contribution in [0.3, 0.4) is 0 Å². The molecule has 0 saturated carbocycles. The van der Waals surface area contributed by atoms with Gasteiger partial charge >= 0.3 is 5.97 Å². The number of aromatic nitrogens is 3. The van der Waals surface area contributed by atoms with Crippen LogP contribution in [0.25, 0.3) is 11.0 Å². The molecule has 0 saturated heterocycles. The van der Waals surface area contributed by atoms with Crippen molar-refractivity contribution in [2.45, 2.75) is 39.4 Å². The van der Waals surface area contributed by atoms with Crippen LogP contribution in [-0.2, 0) is 4.79 Å². The van der Waals surface area contributed by atoms with Gasteiger partial charge in [-0.15, -0.1) is 0 Å². The molecule has 0 spiro atoms. The zero-order valence-corrected chi connectivity index (χ0v) is 15.0. The lowest BCUT2D eigenvalue weighted by Crippen LogP contribution is -2.46. The lowest BCUT2D eigenvalue weighted by atomic mass is 9.84. The summed E-state index contributed by atoms with van der Waals surface area (Å²) in [6.45, 7) is 5.58. The highest BCUT2D eigenvalue weighted by Gasteiger charge is 2.30. The number of nitrogens with zero attached hydrogens (tertiary/aromatic N) is 3. The number of hydrogen-bond acceptors (Lipinski definition) is 6. The van der Waals surface area contributed by atoms with Crippen LogP contribution in [0.5, 0.6) is 0 Å². The van der Waals surface area contributed by atoms with E-state index >= 15 is 0 Å². The summed E-state index contributed by atoms with van der Waals surface area (Å²) in [7, 11) is 0. The standard InChI is InChI=1S/C17H20F2N6O2/c1-17(2,3)11(5-12(26)27)22-15-10(19)7-21-16(23-15)13-9-4-8(18)6-20-14(9)25-24-13/h4,6-7,11,16,22-23H,5H2,1-3H3,(H,26,27)(H,20,24,25)/t11-,16?/m1/s1. The Morgan fingerprint density at radius 2 is 2.15 bits per heavy atom. The van der Waals surface area contributed by atoms with E-state index < -0.39 is 35.2 Å². The Labute approximate surface area is 153 Å². The molecular formula is C17H20F2N6O2. The third kappa shape index (κ3) is 4.04. The van der Waals surface area contributed by atoms with Crippen molar-refractivity contribution in [1.82, 2.24) is 25.8 Å². The van der Waals surface area contributed by atoms with Gasteiger partial charge < -0.3 is 15.7 Å². The van der Waals surface area contributed by atoms with Crippen LogP contribution in [0.4, 0.5) is 8.78 Å². The number of pyridine rings is 1. The van der Waals surface area contributed by atoms with E-state index in [1.807, 2.05) is 20.8 Å². The summed E-state index contributed by atoms with van der Waals surface area (Å²) in [5, 5.41) is 22.1. The van der Waals surface area contributed by atoms with Gasteiger partial charge in [-0.2, -0.15) is 5.10 Å². The van der Waals surface area contributed by atoms with E-state index in [0.29, 0.717) is 16.7 Å². The van der Waals surface area contributed by atoms with Gasteiger partial charge in [0.15, 0.2) is 17.6 Å². The largest absolute Gasteiger partial charge is 0.481 e. The number of aromatic amines is 1. The number of aliphatic carboxylic acids is 1. The molecule has 0 bridgehead atoms. The number of allylic oxidation sites excluding steroid dienone is 1. The Morgan fingerprint density at radius 3 is 2.81 bits per heavy atom. The molecule has 0 radical (unpaired) electrons. The average molecular weight is 378 g/mol. The number of aliphatic imine (C=N–C) groups is 1. The van der Waals surface area contributed by atoms with Crippen molar-refractivity contribution in [2.24, 2.45) is 10.4 Å². The fourth-order valence-electron chi connectivity index (χ4n) is 2.73. The average Bonchev–Trinajstić information content (AvgIpc) is 2.98. The van der Waals surface area contributed by atoms with Crippen molar-refractivity contribution in [1.29, 1.82) is 0 Å². The molecule has 4 N–H and O–H groups in total. The first-order chi connectivity index (χ1) is 12.6. The van der Waals surface area contributed by atoms with Gasteiger partial charge in [0.05, 0.1) is 24.5 Å². The zero-order chi connectivity index (χ0) is 19.8. The van der Waals surface area contributed by atoms with Gasteiger partial charge in [0, 0.05) is 11.4 Å². The summed E-state index contributed by atoms with van der Waals surface area (Å²) in [4.78, 5) is 19.1. The van der Waals surface area contributed by atoms with Crippen LogP contribution in [0.1, 0.15) is 39.1 Å². The maximum absolute atomic E-state index is 14.3. The van der Waals surface area contributed by atoms with E-state index in [9.17, 15) is 13.6 Å². The van der Waals surface area contributed by atoms with E-state index in [0.717, 1.165) is 12.4 Å². The fourth-order valence-corrected chi connectivity index (χ4v) is 2.73. The van der Waals surface area contributed by atoms with Crippen molar-refractivity contribution in [2.75, 3.05) is 0 Å². The third-order valence-electron chi connectivity index (χ3n) is 4.28. The molecule has 1 unspecified atom stereocenters. The smallest absolute Gasteiger partial charge is 0.305 e. The summed E-state index contributed by atoms with van der Waals surface area (Å²) in [6.07, 6.45) is 1.14. The molecule has 0 fully saturated rings. The summed E-state index contributed by atoms with van der Waals surface area (Å²) in [5.41, 5.74) is 0.294. The number of H-pyrrole nitrogens is 1. The molecule has 144 valence electrons. The summed E-state index contributed by atoms with van der Waals surface area (Å²) in [5.74, 6) is -2.16. The van der Waals surface area contributed by atoms with Crippen molar-refractivity contribution < 1.29 is 18.7 Å². The predicted octanol–water partition coefficient (Wildman–Crippen LogP) is 2.39. The Balaban J connectivity index is 1.86. The topological polar surface area (TPSA) is 115 Å². The normalized spacial score (nSPS) is 18.5. The second kappa shape index (κ2) is 6.93. The minimum Gasteiger partial charge on any atom is -0.481 e. The van der Waals surface area contributed by atoms with Gasteiger partial charge in [0.25, 0.3) is 0 Å². The van der Waals surface area contributed by atoms with Crippen LogP contribution in [-0.4, -0.2) is 38.5 Å². The molecule has 0 amide bonds. The Morgan fingerprint density at radius 1 is 1.41 bits per heavy atom. The van der Waals surface area contributed by atoms with E-state index in [1.54, 1.807) is 0 Å². The monoisotopic (exact) mass is 378 g/mol. The highest BCUT2D eigenvalue weighted by molar-refractivity contribution is 5.81. The molecule has 10 heteroatoms. The van der Waals surface area contributed by atoms with Crippen molar-refractivity contribution in [3.63, 3.8) is 0 Å². The number of carboxylic acid groups (broad SMARTS) is 1. The Kier molecular flexibility index (Phi) is 4.81. The molecular weight excluding hydrogens is 358 g/mol. The number of fused-ring (bicyclic) bond motifs is 1. The maximum Gasteiger partial charge on any atom is 0.305 e. The lowest BCUT2D eigenvalue weighted by molar-refractivity contribution is -0.138. The third-order valence-corrected chi connectivity index (χ3v) is 4.28. The van der Waals surface area contributed by atoms with Crippen molar-refractivity contribution in [3.05, 3.63) is 35.4 Å². The number of carboxylic acids is 1. The minimum atomic E-state index is -0.995. The molecule has 2 aromatic heterocycles. The molecule has 1 aliphatic rings. The van der Waals surface area contributed by atoms with Gasteiger partial charge in [-0.1, -0.05) is 20.8 Å². The molecule has 27 heavy (non-hydrogen) atoms. The van der Waals surface area contributed by atoms with Crippen molar-refractivity contribution in [3.8, 4) is 0 Å². The molecule has 2 atom stereocenters. The second-order valence-electron chi connectivity index (χ2n) is 7.37. The summed E-state index contributed by atoms with van der Waals surface area (Å²) in [6, 6.07) is 0.732. The number of hydrogen-bond donors (Lipinski definition) is 4. The molecule has 0 aromatic carbocycles. The second-order valence-corrected chi connectivity index (χ2v) is 7.37. The Bertz CT molecular complexity index is 931. The van der Waals surface area contributed by atoms with Crippen LogP contribution >= 0.6 is 0 Å². The summed E-state index contributed by atoms with van der Waals surface area (Å²) < 4.78 is 27.8. The van der Waals surface area contributed by atoms with E-state index in [-0.39, 0.29) is 12.2 Å². The molecule has 2 aromatic rings. The van der Waals surface area contributed by atoms with Gasteiger partial charge in [-0.25, -0.2) is 13.8 Å². The first-order valence-electron chi connectivity index (χ1n) is 8.32.